The van der Waals surface area contributed by atoms with Gasteiger partial charge in [-0.25, -0.2) is 9.37 Å². The van der Waals surface area contributed by atoms with E-state index < -0.39 is 0 Å². The van der Waals surface area contributed by atoms with Crippen LogP contribution in [0.5, 0.6) is 0 Å². The second-order valence-corrected chi connectivity index (χ2v) is 5.79. The number of aromatic nitrogens is 3. The fourth-order valence-electron chi connectivity index (χ4n) is 2.66. The molecule has 0 radical (unpaired) electrons. The van der Waals surface area contributed by atoms with Crippen molar-refractivity contribution in [3.8, 4) is 11.3 Å². The van der Waals surface area contributed by atoms with Gasteiger partial charge in [0.05, 0.1) is 5.69 Å². The molecule has 130 valence electrons. The van der Waals surface area contributed by atoms with E-state index >= 15 is 0 Å². The van der Waals surface area contributed by atoms with Crippen LogP contribution in [-0.2, 0) is 6.42 Å². The van der Waals surface area contributed by atoms with Gasteiger partial charge in [0.1, 0.15) is 17.2 Å². The topological polar surface area (TPSA) is 72.4 Å². The highest BCUT2D eigenvalue weighted by atomic mass is 19.1. The molecule has 0 atom stereocenters. The largest absolute Gasteiger partial charge is 0.350 e. The van der Waals surface area contributed by atoms with Crippen molar-refractivity contribution in [2.24, 2.45) is 0 Å². The summed E-state index contributed by atoms with van der Waals surface area (Å²) in [5.41, 5.74) is 2.71. The van der Waals surface area contributed by atoms with Gasteiger partial charge in [-0.15, -0.1) is 0 Å². The number of carbonyl (C=O) groups is 1. The van der Waals surface area contributed by atoms with Crippen molar-refractivity contribution >= 4 is 11.6 Å². The molecular formula is C19H15FN4O2. The van der Waals surface area contributed by atoms with Gasteiger partial charge in [-0.1, -0.05) is 23.4 Å². The number of fused-ring (bicyclic) bond motifs is 1. The Labute approximate surface area is 148 Å². The molecule has 4 aromatic rings. The monoisotopic (exact) mass is 350 g/mol. The van der Waals surface area contributed by atoms with Gasteiger partial charge in [0.15, 0.2) is 0 Å². The lowest BCUT2D eigenvalue weighted by Gasteiger charge is -2.00. The van der Waals surface area contributed by atoms with Crippen molar-refractivity contribution in [1.29, 1.82) is 0 Å². The first-order chi connectivity index (χ1) is 12.7. The van der Waals surface area contributed by atoms with Gasteiger partial charge in [-0.3, -0.25) is 4.79 Å². The molecule has 1 aromatic carbocycles. The minimum atomic E-state index is -0.371. The van der Waals surface area contributed by atoms with Gasteiger partial charge < -0.3 is 14.2 Å². The minimum Gasteiger partial charge on any atom is -0.350 e. The first-order valence-electron chi connectivity index (χ1n) is 8.12. The zero-order chi connectivity index (χ0) is 17.9. The maximum absolute atomic E-state index is 13.3. The van der Waals surface area contributed by atoms with Crippen molar-refractivity contribution in [2.75, 3.05) is 6.54 Å². The number of halogens is 1. The molecule has 0 aliphatic carbocycles. The summed E-state index contributed by atoms with van der Waals surface area (Å²) in [6.07, 6.45) is 4.45. The molecule has 6 nitrogen and oxygen atoms in total. The molecular weight excluding hydrogens is 335 g/mol. The van der Waals surface area contributed by atoms with Crippen molar-refractivity contribution in [2.45, 2.75) is 6.42 Å². The van der Waals surface area contributed by atoms with E-state index in [2.05, 4.69) is 15.5 Å². The number of pyridine rings is 1. The van der Waals surface area contributed by atoms with Crippen molar-refractivity contribution in [3.63, 3.8) is 0 Å². The summed E-state index contributed by atoms with van der Waals surface area (Å²) in [7, 11) is 0. The van der Waals surface area contributed by atoms with Gasteiger partial charge in [-0.2, -0.15) is 0 Å². The van der Waals surface area contributed by atoms with Gasteiger partial charge in [-0.05, 0) is 24.3 Å². The van der Waals surface area contributed by atoms with Crippen molar-refractivity contribution in [3.05, 3.63) is 78.2 Å². The molecule has 0 spiro atoms. The Morgan fingerprint density at radius 1 is 1.19 bits per heavy atom. The summed E-state index contributed by atoms with van der Waals surface area (Å²) in [5.74, 6) is -0.660. The third-order valence-electron chi connectivity index (χ3n) is 3.93. The van der Waals surface area contributed by atoms with Crippen LogP contribution in [-0.4, -0.2) is 27.0 Å². The molecule has 0 fully saturated rings. The molecule has 0 aliphatic heterocycles. The number of nitrogens with zero attached hydrogens (tertiary/aromatic N) is 3. The fraction of sp³-hybridized carbons (Fsp3) is 0.105. The highest BCUT2D eigenvalue weighted by molar-refractivity contribution is 5.92. The predicted molar refractivity (Wildman–Crippen MR) is 93.1 cm³/mol. The summed E-state index contributed by atoms with van der Waals surface area (Å²) in [6.45, 7) is 0.415. The minimum absolute atomic E-state index is 0.0827. The molecule has 0 aliphatic rings. The second kappa shape index (κ2) is 6.79. The molecule has 26 heavy (non-hydrogen) atoms. The van der Waals surface area contributed by atoms with E-state index in [0.29, 0.717) is 24.2 Å². The average molecular weight is 350 g/mol. The van der Waals surface area contributed by atoms with Crippen LogP contribution in [0.2, 0.25) is 0 Å². The van der Waals surface area contributed by atoms with Crippen LogP contribution in [0.3, 0.4) is 0 Å². The number of imidazole rings is 1. The van der Waals surface area contributed by atoms with Crippen LogP contribution in [0.4, 0.5) is 4.39 Å². The molecule has 0 bridgehead atoms. The standard InChI is InChI=1S/C19H15FN4O2/c20-14-5-3-4-13(10-14)16-11-17(26-23-16)19(25)21-8-7-15-12-24-9-2-1-6-18(24)22-15/h1-6,9-12H,7-8H2,(H,21,25). The summed E-state index contributed by atoms with van der Waals surface area (Å²) >= 11 is 0. The number of benzene rings is 1. The van der Waals surface area contributed by atoms with Crippen LogP contribution < -0.4 is 5.32 Å². The van der Waals surface area contributed by atoms with Gasteiger partial charge in [0, 0.05) is 37.0 Å². The van der Waals surface area contributed by atoms with Gasteiger partial charge >= 0.3 is 0 Å². The lowest BCUT2D eigenvalue weighted by molar-refractivity contribution is 0.0917. The number of hydrogen-bond donors (Lipinski definition) is 1. The number of nitrogens with one attached hydrogen (secondary N) is 1. The van der Waals surface area contributed by atoms with Crippen LogP contribution in [0.1, 0.15) is 16.2 Å². The molecule has 1 amide bonds. The zero-order valence-corrected chi connectivity index (χ0v) is 13.7. The average Bonchev–Trinajstić information content (AvgIpc) is 3.28. The molecule has 0 unspecified atom stereocenters. The Morgan fingerprint density at radius 3 is 2.96 bits per heavy atom. The van der Waals surface area contributed by atoms with E-state index in [4.69, 9.17) is 4.52 Å². The summed E-state index contributed by atoms with van der Waals surface area (Å²) < 4.78 is 20.3. The van der Waals surface area contributed by atoms with E-state index in [9.17, 15) is 9.18 Å². The Kier molecular flexibility index (Phi) is 4.18. The number of rotatable bonds is 5. The summed E-state index contributed by atoms with van der Waals surface area (Å²) in [4.78, 5) is 16.6. The quantitative estimate of drug-likeness (QED) is 0.600. The van der Waals surface area contributed by atoms with Crippen molar-refractivity contribution < 1.29 is 13.7 Å². The maximum Gasteiger partial charge on any atom is 0.289 e. The van der Waals surface area contributed by atoms with Crippen LogP contribution in [0, 0.1) is 5.82 Å². The smallest absolute Gasteiger partial charge is 0.289 e. The third-order valence-corrected chi connectivity index (χ3v) is 3.93. The fourth-order valence-corrected chi connectivity index (χ4v) is 2.66. The Hall–Kier alpha value is -3.48. The number of amides is 1. The van der Waals surface area contributed by atoms with Crippen molar-refractivity contribution in [1.82, 2.24) is 19.9 Å². The second-order valence-electron chi connectivity index (χ2n) is 5.79. The predicted octanol–water partition coefficient (Wildman–Crippen LogP) is 3.10. The maximum atomic E-state index is 13.3. The van der Waals surface area contributed by atoms with E-state index in [1.807, 2.05) is 35.0 Å². The first-order valence-corrected chi connectivity index (χ1v) is 8.12. The molecule has 7 heteroatoms. The number of hydrogen-bond acceptors (Lipinski definition) is 4. The Bertz CT molecular complexity index is 1040. The lowest BCUT2D eigenvalue weighted by Crippen LogP contribution is -2.25. The zero-order valence-electron chi connectivity index (χ0n) is 13.7. The molecule has 1 N–H and O–H groups in total. The molecule has 0 saturated carbocycles. The summed E-state index contributed by atoms with van der Waals surface area (Å²) in [6, 6.07) is 13.2. The van der Waals surface area contributed by atoms with Gasteiger partial charge in [0.25, 0.3) is 5.91 Å². The van der Waals surface area contributed by atoms with E-state index in [-0.39, 0.29) is 17.5 Å². The van der Waals surface area contributed by atoms with E-state index in [1.54, 1.807) is 12.1 Å². The van der Waals surface area contributed by atoms with Crippen LogP contribution >= 0.6 is 0 Å². The lowest BCUT2D eigenvalue weighted by atomic mass is 10.1. The Balaban J connectivity index is 1.38. The SMILES string of the molecule is O=C(NCCc1cn2ccccc2n1)c1cc(-c2cccc(F)c2)no1. The summed E-state index contributed by atoms with van der Waals surface area (Å²) in [5, 5.41) is 6.60. The normalized spacial score (nSPS) is 11.0. The van der Waals surface area contributed by atoms with Crippen LogP contribution in [0.25, 0.3) is 16.9 Å². The molecule has 4 rings (SSSR count). The van der Waals surface area contributed by atoms with Crippen LogP contribution in [0.15, 0.2) is 65.4 Å². The van der Waals surface area contributed by atoms with E-state index in [1.165, 1.54) is 18.2 Å². The first kappa shape index (κ1) is 16.0. The molecule has 0 saturated heterocycles. The highest BCUT2D eigenvalue weighted by Gasteiger charge is 2.14. The van der Waals surface area contributed by atoms with Gasteiger partial charge in [0.2, 0.25) is 5.76 Å². The van der Waals surface area contributed by atoms with E-state index in [0.717, 1.165) is 11.3 Å². The highest BCUT2D eigenvalue weighted by Crippen LogP contribution is 2.19. The molecule has 3 aromatic heterocycles. The number of carbonyl (C=O) groups excluding carboxylic acids is 1. The third kappa shape index (κ3) is 3.32. The molecule has 3 heterocycles. The Morgan fingerprint density at radius 2 is 2.12 bits per heavy atom.